The second-order valence-corrected chi connectivity index (χ2v) is 8.30. The van der Waals surface area contributed by atoms with Crippen LogP contribution in [0, 0.1) is 22.0 Å². The molecule has 3 aliphatic heterocycles. The second-order valence-electron chi connectivity index (χ2n) is 8.30. The van der Waals surface area contributed by atoms with Crippen molar-refractivity contribution in [2.75, 3.05) is 18.6 Å². The predicted molar refractivity (Wildman–Crippen MR) is 113 cm³/mol. The normalized spacial score (nSPS) is 26.8. The molecule has 4 atom stereocenters. The highest BCUT2D eigenvalue weighted by molar-refractivity contribution is 6.25. The first-order chi connectivity index (χ1) is 15.4. The standard InChI is InChI=1S/C23H21N3O6/c1-32-17-12-14(26(30)31)9-10-15(17)25-22(28)18-16-8-5-11-24(16)20(19(18)23(25)29)21(27)13-6-3-2-4-7-13/h2-4,6-7,9-10,12,16,18-20H,5,8,11H2,1H3/t16-,18-,19-,20+/m0/s1. The van der Waals surface area contributed by atoms with Crippen molar-refractivity contribution in [3.63, 3.8) is 0 Å². The largest absolute Gasteiger partial charge is 0.494 e. The lowest BCUT2D eigenvalue weighted by molar-refractivity contribution is -0.384. The number of nitro benzene ring substituents is 1. The van der Waals surface area contributed by atoms with Gasteiger partial charge >= 0.3 is 0 Å². The number of anilines is 1. The fraction of sp³-hybridized carbons (Fsp3) is 0.348. The van der Waals surface area contributed by atoms with Crippen molar-refractivity contribution in [1.29, 1.82) is 0 Å². The Morgan fingerprint density at radius 2 is 1.81 bits per heavy atom. The summed E-state index contributed by atoms with van der Waals surface area (Å²) in [6.07, 6.45) is 1.60. The molecule has 3 aliphatic rings. The fourth-order valence-corrected chi connectivity index (χ4v) is 5.49. The first-order valence-corrected chi connectivity index (χ1v) is 10.5. The molecule has 2 aromatic rings. The quantitative estimate of drug-likeness (QED) is 0.307. The van der Waals surface area contributed by atoms with Gasteiger partial charge in [-0.25, -0.2) is 4.90 Å². The lowest BCUT2D eigenvalue weighted by atomic mass is 9.85. The van der Waals surface area contributed by atoms with Crippen LogP contribution in [0.4, 0.5) is 11.4 Å². The van der Waals surface area contributed by atoms with E-state index in [1.165, 1.54) is 25.3 Å². The van der Waals surface area contributed by atoms with E-state index in [1.807, 2.05) is 11.0 Å². The van der Waals surface area contributed by atoms with E-state index < -0.39 is 28.7 Å². The van der Waals surface area contributed by atoms with Crippen LogP contribution in [-0.2, 0) is 9.59 Å². The summed E-state index contributed by atoms with van der Waals surface area (Å²) in [5, 5.41) is 11.1. The number of Topliss-reactive ketones (excluding diaryl/α,β-unsaturated/α-hetero) is 1. The van der Waals surface area contributed by atoms with Gasteiger partial charge in [-0.2, -0.15) is 0 Å². The zero-order valence-corrected chi connectivity index (χ0v) is 17.3. The molecule has 3 fully saturated rings. The summed E-state index contributed by atoms with van der Waals surface area (Å²) in [6, 6.07) is 11.7. The average Bonchev–Trinajstić information content (AvgIpc) is 3.45. The molecular weight excluding hydrogens is 414 g/mol. The van der Waals surface area contributed by atoms with Gasteiger partial charge in [0.25, 0.3) is 5.69 Å². The van der Waals surface area contributed by atoms with Crippen LogP contribution in [0.1, 0.15) is 23.2 Å². The Bertz CT molecular complexity index is 1130. The van der Waals surface area contributed by atoms with Crippen LogP contribution in [0.5, 0.6) is 5.75 Å². The van der Waals surface area contributed by atoms with Crippen LogP contribution < -0.4 is 9.64 Å². The van der Waals surface area contributed by atoms with E-state index in [0.29, 0.717) is 12.1 Å². The molecule has 32 heavy (non-hydrogen) atoms. The Hall–Kier alpha value is -3.59. The van der Waals surface area contributed by atoms with Crippen molar-refractivity contribution in [2.24, 2.45) is 11.8 Å². The van der Waals surface area contributed by atoms with Crippen LogP contribution in [-0.4, -0.2) is 53.2 Å². The summed E-state index contributed by atoms with van der Waals surface area (Å²) in [6.45, 7) is 0.669. The molecule has 0 aliphatic carbocycles. The highest BCUT2D eigenvalue weighted by Crippen LogP contribution is 2.49. The van der Waals surface area contributed by atoms with Gasteiger partial charge in [0.15, 0.2) is 5.78 Å². The lowest BCUT2D eigenvalue weighted by Crippen LogP contribution is -2.46. The average molecular weight is 435 g/mol. The maximum Gasteiger partial charge on any atom is 0.273 e. The highest BCUT2D eigenvalue weighted by atomic mass is 16.6. The van der Waals surface area contributed by atoms with Crippen molar-refractivity contribution in [3.8, 4) is 5.75 Å². The van der Waals surface area contributed by atoms with Crippen molar-refractivity contribution in [1.82, 2.24) is 4.90 Å². The number of carbonyl (C=O) groups excluding carboxylic acids is 3. The summed E-state index contributed by atoms with van der Waals surface area (Å²) in [5.74, 6) is -2.36. The van der Waals surface area contributed by atoms with Gasteiger partial charge in [-0.1, -0.05) is 30.3 Å². The number of imide groups is 1. The van der Waals surface area contributed by atoms with Gasteiger partial charge in [0.1, 0.15) is 5.75 Å². The molecule has 0 spiro atoms. The molecule has 3 saturated heterocycles. The van der Waals surface area contributed by atoms with Gasteiger partial charge < -0.3 is 4.74 Å². The Morgan fingerprint density at radius 3 is 2.50 bits per heavy atom. The van der Waals surface area contributed by atoms with E-state index in [2.05, 4.69) is 0 Å². The van der Waals surface area contributed by atoms with E-state index in [1.54, 1.807) is 24.3 Å². The SMILES string of the molecule is COc1cc([N+](=O)[O-])ccc1N1C(=O)[C@@H]2[C@H](C1=O)[C@H](C(=O)c1ccccc1)N1CCC[C@@H]21. The van der Waals surface area contributed by atoms with Crippen LogP contribution >= 0.6 is 0 Å². The van der Waals surface area contributed by atoms with Crippen LogP contribution in [0.3, 0.4) is 0 Å². The molecule has 0 radical (unpaired) electrons. The molecule has 0 N–H and O–H groups in total. The van der Waals surface area contributed by atoms with E-state index >= 15 is 0 Å². The maximum absolute atomic E-state index is 13.6. The summed E-state index contributed by atoms with van der Waals surface area (Å²) in [5.41, 5.74) is 0.470. The molecule has 0 aromatic heterocycles. The van der Waals surface area contributed by atoms with E-state index in [-0.39, 0.29) is 34.9 Å². The van der Waals surface area contributed by atoms with E-state index in [4.69, 9.17) is 4.74 Å². The summed E-state index contributed by atoms with van der Waals surface area (Å²) >= 11 is 0. The summed E-state index contributed by atoms with van der Waals surface area (Å²) < 4.78 is 5.27. The number of hydrogen-bond donors (Lipinski definition) is 0. The number of hydrogen-bond acceptors (Lipinski definition) is 7. The van der Waals surface area contributed by atoms with Gasteiger partial charge in [0.2, 0.25) is 11.8 Å². The molecule has 0 unspecified atom stereocenters. The van der Waals surface area contributed by atoms with E-state index in [9.17, 15) is 24.5 Å². The van der Waals surface area contributed by atoms with Crippen molar-refractivity contribution in [2.45, 2.75) is 24.9 Å². The number of carbonyl (C=O) groups is 3. The number of methoxy groups -OCH3 is 1. The third-order valence-corrected chi connectivity index (χ3v) is 6.79. The topological polar surface area (TPSA) is 110 Å². The van der Waals surface area contributed by atoms with Crippen LogP contribution in [0.2, 0.25) is 0 Å². The number of ketones is 1. The van der Waals surface area contributed by atoms with Gasteiger partial charge in [0, 0.05) is 17.7 Å². The fourth-order valence-electron chi connectivity index (χ4n) is 5.49. The van der Waals surface area contributed by atoms with Crippen LogP contribution in [0.25, 0.3) is 0 Å². The summed E-state index contributed by atoms with van der Waals surface area (Å²) in [4.78, 5) is 54.2. The zero-order chi connectivity index (χ0) is 22.6. The number of ether oxygens (including phenoxy) is 1. The highest BCUT2D eigenvalue weighted by Gasteiger charge is 2.65. The minimum Gasteiger partial charge on any atom is -0.494 e. The first kappa shape index (κ1) is 20.3. The predicted octanol–water partition coefficient (Wildman–Crippen LogP) is 2.44. The van der Waals surface area contributed by atoms with Crippen molar-refractivity contribution >= 4 is 29.0 Å². The number of fused-ring (bicyclic) bond motifs is 3. The van der Waals surface area contributed by atoms with Crippen molar-refractivity contribution < 1.29 is 24.0 Å². The number of nitrogens with zero attached hydrogens (tertiary/aromatic N) is 3. The van der Waals surface area contributed by atoms with E-state index in [0.717, 1.165) is 17.7 Å². The monoisotopic (exact) mass is 435 g/mol. The second kappa shape index (κ2) is 7.52. The molecule has 0 saturated carbocycles. The minimum atomic E-state index is -0.791. The third-order valence-electron chi connectivity index (χ3n) is 6.79. The molecule has 164 valence electrons. The Kier molecular flexibility index (Phi) is 4.78. The Balaban J connectivity index is 1.56. The van der Waals surface area contributed by atoms with Gasteiger partial charge in [-0.15, -0.1) is 0 Å². The number of nitro groups is 1. The lowest BCUT2D eigenvalue weighted by Gasteiger charge is -2.28. The van der Waals surface area contributed by atoms with Gasteiger partial charge in [-0.3, -0.25) is 29.4 Å². The third kappa shape index (κ3) is 2.85. The number of benzene rings is 2. The molecule has 3 heterocycles. The molecular formula is C23H21N3O6. The Morgan fingerprint density at radius 1 is 1.09 bits per heavy atom. The van der Waals surface area contributed by atoms with Crippen molar-refractivity contribution in [3.05, 3.63) is 64.2 Å². The molecule has 5 rings (SSSR count). The molecule has 9 heteroatoms. The first-order valence-electron chi connectivity index (χ1n) is 10.5. The summed E-state index contributed by atoms with van der Waals surface area (Å²) in [7, 11) is 1.33. The molecule has 2 aromatic carbocycles. The Labute approximate surface area is 183 Å². The number of rotatable bonds is 5. The smallest absolute Gasteiger partial charge is 0.273 e. The maximum atomic E-state index is 13.6. The minimum absolute atomic E-state index is 0.0649. The van der Waals surface area contributed by atoms with Gasteiger partial charge in [-0.05, 0) is 25.5 Å². The molecule has 0 bridgehead atoms. The molecule has 9 nitrogen and oxygen atoms in total. The van der Waals surface area contributed by atoms with Gasteiger partial charge in [0.05, 0.1) is 41.7 Å². The number of non-ortho nitro benzene ring substituents is 1. The zero-order valence-electron chi connectivity index (χ0n) is 17.3. The number of amides is 2. The molecule has 2 amide bonds. The van der Waals surface area contributed by atoms with Crippen LogP contribution in [0.15, 0.2) is 48.5 Å².